The van der Waals surface area contributed by atoms with Crippen molar-refractivity contribution >= 4 is 24.2 Å². The smallest absolute Gasteiger partial charge is 0.250 e. The molecule has 114 valence electrons. The fourth-order valence-electron chi connectivity index (χ4n) is 1.76. The fourth-order valence-corrected chi connectivity index (χ4v) is 3.15. The van der Waals surface area contributed by atoms with E-state index in [1.54, 1.807) is 0 Å². The second-order valence-electron chi connectivity index (χ2n) is 8.08. The van der Waals surface area contributed by atoms with Gasteiger partial charge in [0.2, 0.25) is 8.32 Å². The first-order chi connectivity index (χ1) is 8.88. The lowest BCUT2D eigenvalue weighted by atomic mass is 9.85. The molecule has 1 aromatic rings. The van der Waals surface area contributed by atoms with E-state index in [4.69, 9.17) is 4.43 Å². The van der Waals surface area contributed by atoms with Crippen LogP contribution in [-0.2, 0) is 10.7 Å². The van der Waals surface area contributed by atoms with Crippen LogP contribution in [0.1, 0.15) is 52.7 Å². The molecular weight excluding hydrogens is 328 g/mol. The standard InChI is InChI=1S/C17H29BrOSi/c1-16(2,3)14-11-13(12-18)9-10-15(14)19-20(7,8)17(4,5)6/h9-11H,12H2,1-8H3. The zero-order valence-electron chi connectivity index (χ0n) is 14.2. The molecule has 0 amide bonds. The van der Waals surface area contributed by atoms with Crippen LogP contribution in [0.25, 0.3) is 0 Å². The summed E-state index contributed by atoms with van der Waals surface area (Å²) in [4.78, 5) is 0. The summed E-state index contributed by atoms with van der Waals surface area (Å²) in [7, 11) is -1.80. The van der Waals surface area contributed by atoms with Gasteiger partial charge in [0.1, 0.15) is 5.75 Å². The summed E-state index contributed by atoms with van der Waals surface area (Å²) >= 11 is 3.54. The van der Waals surface area contributed by atoms with Crippen LogP contribution in [0.5, 0.6) is 5.75 Å². The van der Waals surface area contributed by atoms with Gasteiger partial charge in [0, 0.05) is 5.33 Å². The zero-order valence-corrected chi connectivity index (χ0v) is 16.8. The Morgan fingerprint density at radius 2 is 1.60 bits per heavy atom. The molecule has 20 heavy (non-hydrogen) atoms. The van der Waals surface area contributed by atoms with Crippen LogP contribution >= 0.6 is 15.9 Å². The van der Waals surface area contributed by atoms with Crippen LogP contribution in [0.2, 0.25) is 18.1 Å². The SMILES string of the molecule is CC(C)(C)c1cc(CBr)ccc1O[Si](C)(C)C(C)(C)C. The van der Waals surface area contributed by atoms with Gasteiger partial charge in [0.15, 0.2) is 0 Å². The van der Waals surface area contributed by atoms with Crippen molar-refractivity contribution in [2.75, 3.05) is 0 Å². The summed E-state index contributed by atoms with van der Waals surface area (Å²) in [6.07, 6.45) is 0. The largest absolute Gasteiger partial charge is 0.543 e. The van der Waals surface area contributed by atoms with Crippen molar-refractivity contribution in [1.82, 2.24) is 0 Å². The molecule has 0 aliphatic rings. The van der Waals surface area contributed by atoms with Gasteiger partial charge in [-0.15, -0.1) is 0 Å². The second-order valence-corrected chi connectivity index (χ2v) is 13.4. The molecule has 0 N–H and O–H groups in total. The van der Waals surface area contributed by atoms with Crippen LogP contribution in [-0.4, -0.2) is 8.32 Å². The average Bonchev–Trinajstić information content (AvgIpc) is 2.26. The van der Waals surface area contributed by atoms with Crippen molar-refractivity contribution in [2.45, 2.75) is 70.4 Å². The maximum atomic E-state index is 6.55. The number of hydrogen-bond acceptors (Lipinski definition) is 1. The maximum Gasteiger partial charge on any atom is 0.250 e. The molecule has 0 saturated heterocycles. The normalized spacial score (nSPS) is 13.4. The lowest BCUT2D eigenvalue weighted by molar-refractivity contribution is 0.468. The average molecular weight is 357 g/mol. The highest BCUT2D eigenvalue weighted by molar-refractivity contribution is 9.08. The highest BCUT2D eigenvalue weighted by Crippen LogP contribution is 2.40. The molecule has 1 aromatic carbocycles. The number of rotatable bonds is 3. The van der Waals surface area contributed by atoms with E-state index >= 15 is 0 Å². The molecule has 0 saturated carbocycles. The Morgan fingerprint density at radius 1 is 1.05 bits per heavy atom. The minimum Gasteiger partial charge on any atom is -0.543 e. The Hall–Kier alpha value is -0.283. The minimum absolute atomic E-state index is 0.0931. The van der Waals surface area contributed by atoms with Crippen molar-refractivity contribution < 1.29 is 4.43 Å². The van der Waals surface area contributed by atoms with Crippen LogP contribution < -0.4 is 4.43 Å². The van der Waals surface area contributed by atoms with Gasteiger partial charge in [0.05, 0.1) is 0 Å². The third-order valence-corrected chi connectivity index (χ3v) is 9.17. The van der Waals surface area contributed by atoms with E-state index in [0.717, 1.165) is 11.1 Å². The van der Waals surface area contributed by atoms with E-state index in [0.29, 0.717) is 0 Å². The van der Waals surface area contributed by atoms with Crippen molar-refractivity contribution in [3.63, 3.8) is 0 Å². The van der Waals surface area contributed by atoms with Crippen LogP contribution in [0, 0.1) is 0 Å². The molecule has 0 fully saturated rings. The Morgan fingerprint density at radius 3 is 2.00 bits per heavy atom. The van der Waals surface area contributed by atoms with Crippen molar-refractivity contribution in [3.8, 4) is 5.75 Å². The second kappa shape index (κ2) is 5.84. The Labute approximate surface area is 134 Å². The Balaban J connectivity index is 3.26. The van der Waals surface area contributed by atoms with Gasteiger partial charge in [0.25, 0.3) is 0 Å². The maximum absolute atomic E-state index is 6.55. The molecule has 0 atom stereocenters. The van der Waals surface area contributed by atoms with Crippen molar-refractivity contribution in [1.29, 1.82) is 0 Å². The summed E-state index contributed by atoms with van der Waals surface area (Å²) < 4.78 is 6.55. The van der Waals surface area contributed by atoms with Gasteiger partial charge in [-0.05, 0) is 40.7 Å². The van der Waals surface area contributed by atoms with Gasteiger partial charge < -0.3 is 4.43 Å². The topological polar surface area (TPSA) is 9.23 Å². The third-order valence-electron chi connectivity index (χ3n) is 4.18. The van der Waals surface area contributed by atoms with E-state index in [-0.39, 0.29) is 10.5 Å². The first-order valence-corrected chi connectivity index (χ1v) is 11.3. The Bertz CT molecular complexity index is 467. The Kier molecular flexibility index (Phi) is 5.19. The zero-order chi connectivity index (χ0) is 15.8. The fraction of sp³-hybridized carbons (Fsp3) is 0.647. The lowest BCUT2D eigenvalue weighted by Crippen LogP contribution is -2.44. The summed E-state index contributed by atoms with van der Waals surface area (Å²) in [5.41, 5.74) is 2.70. The summed E-state index contributed by atoms with van der Waals surface area (Å²) in [5, 5.41) is 1.10. The molecule has 0 spiro atoms. The van der Waals surface area contributed by atoms with Crippen molar-refractivity contribution in [3.05, 3.63) is 29.3 Å². The van der Waals surface area contributed by atoms with Crippen LogP contribution in [0.15, 0.2) is 18.2 Å². The predicted octanol–water partition coefficient (Wildman–Crippen LogP) is 6.26. The minimum atomic E-state index is -1.80. The van der Waals surface area contributed by atoms with Crippen LogP contribution in [0.4, 0.5) is 0 Å². The molecule has 0 aromatic heterocycles. The molecule has 0 unspecified atom stereocenters. The quantitative estimate of drug-likeness (QED) is 0.458. The molecule has 3 heteroatoms. The van der Waals surface area contributed by atoms with Gasteiger partial charge in [-0.25, -0.2) is 0 Å². The van der Waals surface area contributed by atoms with E-state index in [2.05, 4.69) is 88.8 Å². The lowest BCUT2D eigenvalue weighted by Gasteiger charge is -2.38. The van der Waals surface area contributed by atoms with Gasteiger partial charge >= 0.3 is 0 Å². The third kappa shape index (κ3) is 4.11. The molecular formula is C17H29BrOSi. The number of alkyl halides is 1. The molecule has 0 heterocycles. The predicted molar refractivity (Wildman–Crippen MR) is 95.6 cm³/mol. The van der Waals surface area contributed by atoms with E-state index in [1.807, 2.05) is 0 Å². The summed E-state index contributed by atoms with van der Waals surface area (Å²) in [5.74, 6) is 1.06. The number of halogens is 1. The van der Waals surface area contributed by atoms with E-state index < -0.39 is 8.32 Å². The molecule has 0 aliphatic heterocycles. The van der Waals surface area contributed by atoms with E-state index in [9.17, 15) is 0 Å². The van der Waals surface area contributed by atoms with Gasteiger partial charge in [-0.1, -0.05) is 69.6 Å². The molecule has 1 rings (SSSR count). The molecule has 1 nitrogen and oxygen atoms in total. The summed E-state index contributed by atoms with van der Waals surface area (Å²) in [6, 6.07) is 6.58. The van der Waals surface area contributed by atoms with Crippen LogP contribution in [0.3, 0.4) is 0 Å². The number of benzene rings is 1. The molecule has 0 radical (unpaired) electrons. The highest BCUT2D eigenvalue weighted by atomic mass is 79.9. The monoisotopic (exact) mass is 356 g/mol. The first-order valence-electron chi connectivity index (χ1n) is 7.27. The molecule has 0 bridgehead atoms. The van der Waals surface area contributed by atoms with Crippen molar-refractivity contribution in [2.24, 2.45) is 0 Å². The van der Waals surface area contributed by atoms with Gasteiger partial charge in [-0.2, -0.15) is 0 Å². The van der Waals surface area contributed by atoms with Gasteiger partial charge in [-0.3, -0.25) is 0 Å². The first kappa shape index (κ1) is 17.8. The van der Waals surface area contributed by atoms with E-state index in [1.165, 1.54) is 11.1 Å². The highest BCUT2D eigenvalue weighted by Gasteiger charge is 2.39. The molecule has 0 aliphatic carbocycles. The number of hydrogen-bond donors (Lipinski definition) is 0. The summed E-state index contributed by atoms with van der Waals surface area (Å²) in [6.45, 7) is 18.2.